The van der Waals surface area contributed by atoms with Crippen LogP contribution in [-0.4, -0.2) is 26.0 Å². The van der Waals surface area contributed by atoms with Crippen molar-refractivity contribution in [3.05, 3.63) is 59.0 Å². The molecular formula is C17H10ClFN4O2. The van der Waals surface area contributed by atoms with Crippen LogP contribution >= 0.6 is 11.6 Å². The van der Waals surface area contributed by atoms with Gasteiger partial charge < -0.3 is 15.4 Å². The molecule has 0 bridgehead atoms. The van der Waals surface area contributed by atoms with Gasteiger partial charge in [0.15, 0.2) is 0 Å². The number of aromatic nitrogens is 3. The minimum absolute atomic E-state index is 0.0576. The van der Waals surface area contributed by atoms with E-state index in [9.17, 15) is 14.3 Å². The van der Waals surface area contributed by atoms with Gasteiger partial charge in [-0.1, -0.05) is 17.7 Å². The third kappa shape index (κ3) is 2.54. The van der Waals surface area contributed by atoms with Crippen LogP contribution in [0.4, 0.5) is 16.0 Å². The zero-order valence-corrected chi connectivity index (χ0v) is 13.3. The summed E-state index contributed by atoms with van der Waals surface area (Å²) in [5.41, 5.74) is 1.51. The number of hydrogen-bond acceptors (Lipinski definition) is 4. The van der Waals surface area contributed by atoms with Crippen LogP contribution < -0.4 is 5.32 Å². The van der Waals surface area contributed by atoms with E-state index >= 15 is 0 Å². The van der Waals surface area contributed by atoms with Crippen LogP contribution in [-0.2, 0) is 0 Å². The zero-order chi connectivity index (χ0) is 17.6. The number of H-pyrrole nitrogens is 1. The molecule has 4 rings (SSSR count). The van der Waals surface area contributed by atoms with Crippen molar-refractivity contribution in [2.24, 2.45) is 0 Å². The number of hydrogen-bond donors (Lipinski definition) is 3. The standard InChI is InChI=1S/C17H10ClFN4O2/c18-10-4-1-5-11(19)15(10)23-17-21-12-7-9(16(24)25)13-8(14(12)22-17)3-2-6-20-13/h1-7H,(H,24,25)(H2,21,22,23). The van der Waals surface area contributed by atoms with Gasteiger partial charge in [0.2, 0.25) is 5.95 Å². The quantitative estimate of drug-likeness (QED) is 0.507. The van der Waals surface area contributed by atoms with Gasteiger partial charge in [0.25, 0.3) is 0 Å². The normalized spacial score (nSPS) is 11.1. The van der Waals surface area contributed by atoms with Crippen LogP contribution in [0.3, 0.4) is 0 Å². The summed E-state index contributed by atoms with van der Waals surface area (Å²) >= 11 is 6.01. The van der Waals surface area contributed by atoms with Gasteiger partial charge in [0.1, 0.15) is 5.82 Å². The molecule has 3 N–H and O–H groups in total. The first-order valence-electron chi connectivity index (χ1n) is 7.26. The van der Waals surface area contributed by atoms with Crippen molar-refractivity contribution in [1.29, 1.82) is 0 Å². The van der Waals surface area contributed by atoms with E-state index in [0.29, 0.717) is 21.9 Å². The molecule has 0 fully saturated rings. The molecule has 25 heavy (non-hydrogen) atoms. The molecule has 0 atom stereocenters. The Bertz CT molecular complexity index is 1120. The smallest absolute Gasteiger partial charge is 0.337 e. The summed E-state index contributed by atoms with van der Waals surface area (Å²) in [5, 5.41) is 13.0. The van der Waals surface area contributed by atoms with Gasteiger partial charge in [0.05, 0.1) is 32.8 Å². The second-order valence-corrected chi connectivity index (χ2v) is 5.74. The van der Waals surface area contributed by atoms with E-state index in [0.717, 1.165) is 0 Å². The van der Waals surface area contributed by atoms with Gasteiger partial charge in [-0.05, 0) is 30.3 Å². The lowest BCUT2D eigenvalue weighted by molar-refractivity contribution is 0.0699. The van der Waals surface area contributed by atoms with Crippen LogP contribution in [0.25, 0.3) is 21.9 Å². The van der Waals surface area contributed by atoms with Crippen LogP contribution in [0.1, 0.15) is 10.4 Å². The minimum atomic E-state index is -1.09. The molecule has 2 heterocycles. The molecule has 0 radical (unpaired) electrons. The topological polar surface area (TPSA) is 90.9 Å². The Morgan fingerprint density at radius 3 is 2.84 bits per heavy atom. The largest absolute Gasteiger partial charge is 0.478 e. The van der Waals surface area contributed by atoms with E-state index in [1.807, 2.05) is 0 Å². The zero-order valence-electron chi connectivity index (χ0n) is 12.5. The van der Waals surface area contributed by atoms with Crippen LogP contribution in [0.5, 0.6) is 0 Å². The van der Waals surface area contributed by atoms with E-state index in [1.165, 1.54) is 24.4 Å². The Hall–Kier alpha value is -3.19. The molecule has 2 aromatic carbocycles. The molecule has 0 unspecified atom stereocenters. The maximum Gasteiger partial charge on any atom is 0.337 e. The summed E-state index contributed by atoms with van der Waals surface area (Å²) in [6.45, 7) is 0. The molecule has 8 heteroatoms. The van der Waals surface area contributed by atoms with E-state index in [2.05, 4.69) is 20.3 Å². The number of pyridine rings is 1. The summed E-state index contributed by atoms with van der Waals surface area (Å²) in [4.78, 5) is 23.0. The van der Waals surface area contributed by atoms with Crippen LogP contribution in [0.15, 0.2) is 42.6 Å². The molecule has 0 aliphatic heterocycles. The number of imidazole rings is 1. The second-order valence-electron chi connectivity index (χ2n) is 5.33. The van der Waals surface area contributed by atoms with Crippen molar-refractivity contribution in [3.63, 3.8) is 0 Å². The first-order chi connectivity index (χ1) is 12.0. The Labute approximate surface area is 145 Å². The number of carboxylic acid groups (broad SMARTS) is 1. The number of anilines is 2. The Balaban J connectivity index is 1.91. The fraction of sp³-hybridized carbons (Fsp3) is 0. The average molecular weight is 357 g/mol. The summed E-state index contributed by atoms with van der Waals surface area (Å²) in [6.07, 6.45) is 1.52. The van der Waals surface area contributed by atoms with Crippen LogP contribution in [0, 0.1) is 5.82 Å². The maximum atomic E-state index is 13.9. The lowest BCUT2D eigenvalue weighted by Gasteiger charge is -2.05. The number of benzene rings is 2. The van der Waals surface area contributed by atoms with Crippen molar-refractivity contribution in [2.75, 3.05) is 5.32 Å². The third-order valence-corrected chi connectivity index (χ3v) is 4.09. The fourth-order valence-electron chi connectivity index (χ4n) is 2.68. The van der Waals surface area contributed by atoms with Crippen molar-refractivity contribution >= 4 is 51.1 Å². The van der Waals surface area contributed by atoms with Crippen molar-refractivity contribution in [3.8, 4) is 0 Å². The Kier molecular flexibility index (Phi) is 3.51. The molecule has 0 aliphatic rings. The van der Waals surface area contributed by atoms with Gasteiger partial charge in [-0.15, -0.1) is 0 Å². The number of nitrogens with zero attached hydrogens (tertiary/aromatic N) is 2. The summed E-state index contributed by atoms with van der Waals surface area (Å²) in [6, 6.07) is 9.21. The molecule has 2 aromatic heterocycles. The lowest BCUT2D eigenvalue weighted by atomic mass is 10.1. The number of aromatic carboxylic acids is 1. The monoisotopic (exact) mass is 356 g/mol. The second kappa shape index (κ2) is 5.71. The van der Waals surface area contributed by atoms with Gasteiger partial charge in [-0.3, -0.25) is 4.98 Å². The molecule has 6 nitrogen and oxygen atoms in total. The van der Waals surface area contributed by atoms with E-state index in [1.54, 1.807) is 18.2 Å². The number of fused-ring (bicyclic) bond motifs is 3. The molecule has 0 spiro atoms. The van der Waals surface area contributed by atoms with Gasteiger partial charge in [0, 0.05) is 11.6 Å². The molecular weight excluding hydrogens is 347 g/mol. The number of rotatable bonds is 3. The first kappa shape index (κ1) is 15.3. The summed E-state index contributed by atoms with van der Waals surface area (Å²) in [7, 11) is 0. The number of nitrogens with one attached hydrogen (secondary N) is 2. The lowest BCUT2D eigenvalue weighted by Crippen LogP contribution is -1.99. The Morgan fingerprint density at radius 1 is 1.24 bits per heavy atom. The fourth-order valence-corrected chi connectivity index (χ4v) is 2.89. The van der Waals surface area contributed by atoms with Crippen molar-refractivity contribution < 1.29 is 14.3 Å². The Morgan fingerprint density at radius 2 is 2.08 bits per heavy atom. The van der Waals surface area contributed by atoms with E-state index in [-0.39, 0.29) is 22.2 Å². The summed E-state index contributed by atoms with van der Waals surface area (Å²) in [5.74, 6) is -1.37. The number of para-hydroxylation sites is 1. The molecule has 0 aliphatic carbocycles. The summed E-state index contributed by atoms with van der Waals surface area (Å²) < 4.78 is 13.9. The van der Waals surface area contributed by atoms with E-state index in [4.69, 9.17) is 11.6 Å². The highest BCUT2D eigenvalue weighted by Gasteiger charge is 2.17. The van der Waals surface area contributed by atoms with Gasteiger partial charge in [-0.25, -0.2) is 14.2 Å². The van der Waals surface area contributed by atoms with Crippen LogP contribution in [0.2, 0.25) is 5.02 Å². The van der Waals surface area contributed by atoms with Gasteiger partial charge in [-0.2, -0.15) is 0 Å². The molecule has 0 amide bonds. The SMILES string of the molecule is O=C(O)c1cc2[nH]c(Nc3c(F)cccc3Cl)nc2c2cccnc12. The number of halogens is 2. The molecule has 4 aromatic rings. The van der Waals surface area contributed by atoms with E-state index < -0.39 is 11.8 Å². The highest BCUT2D eigenvalue weighted by Crippen LogP contribution is 2.30. The predicted octanol–water partition coefficient (Wildman–Crippen LogP) is 4.35. The number of carboxylic acids is 1. The molecule has 0 saturated heterocycles. The highest BCUT2D eigenvalue weighted by molar-refractivity contribution is 6.33. The average Bonchev–Trinajstić information content (AvgIpc) is 3.00. The van der Waals surface area contributed by atoms with Crippen molar-refractivity contribution in [2.45, 2.75) is 0 Å². The maximum absolute atomic E-state index is 13.9. The third-order valence-electron chi connectivity index (χ3n) is 3.77. The number of aromatic amines is 1. The van der Waals surface area contributed by atoms with Crippen molar-refractivity contribution in [1.82, 2.24) is 15.0 Å². The first-order valence-corrected chi connectivity index (χ1v) is 7.64. The molecule has 124 valence electrons. The van der Waals surface area contributed by atoms with Gasteiger partial charge >= 0.3 is 5.97 Å². The predicted molar refractivity (Wildman–Crippen MR) is 93.0 cm³/mol. The molecule has 0 saturated carbocycles. The number of carbonyl (C=O) groups is 1. The highest BCUT2D eigenvalue weighted by atomic mass is 35.5. The minimum Gasteiger partial charge on any atom is -0.478 e.